The van der Waals surface area contributed by atoms with E-state index in [1.54, 1.807) is 6.07 Å². The van der Waals surface area contributed by atoms with E-state index < -0.39 is 5.60 Å². The van der Waals surface area contributed by atoms with Crippen LogP contribution in [0.15, 0.2) is 18.2 Å². The van der Waals surface area contributed by atoms with Crippen LogP contribution < -0.4 is 0 Å². The minimum Gasteiger partial charge on any atom is -0.387 e. The average molecular weight is 210 g/mol. The molecular formula is C12H15FO2. The maximum Gasteiger partial charge on any atom is 0.123 e. The number of rotatable bonds is 2. The van der Waals surface area contributed by atoms with Crippen molar-refractivity contribution in [2.75, 3.05) is 13.2 Å². The molecule has 0 saturated carbocycles. The Morgan fingerprint density at radius 1 is 1.53 bits per heavy atom. The maximum atomic E-state index is 13.0. The van der Waals surface area contributed by atoms with E-state index in [1.807, 2.05) is 6.92 Å². The summed E-state index contributed by atoms with van der Waals surface area (Å²) in [5.74, 6) is -0.252. The zero-order chi connectivity index (χ0) is 10.9. The normalized spacial score (nSPS) is 25.8. The fraction of sp³-hybridized carbons (Fsp3) is 0.500. The lowest BCUT2D eigenvalue weighted by atomic mass is 9.91. The van der Waals surface area contributed by atoms with Crippen LogP contribution in [-0.4, -0.2) is 23.9 Å². The summed E-state index contributed by atoms with van der Waals surface area (Å²) in [6, 6.07) is 4.67. The van der Waals surface area contributed by atoms with Gasteiger partial charge in [0, 0.05) is 19.4 Å². The number of benzene rings is 1. The molecule has 1 N–H and O–H groups in total. The Morgan fingerprint density at radius 2 is 2.33 bits per heavy atom. The predicted molar refractivity (Wildman–Crippen MR) is 55.2 cm³/mol. The third kappa shape index (κ3) is 2.36. The van der Waals surface area contributed by atoms with Gasteiger partial charge in [0.15, 0.2) is 0 Å². The molecule has 1 aliphatic heterocycles. The molecule has 0 bridgehead atoms. The van der Waals surface area contributed by atoms with Crippen LogP contribution in [0.4, 0.5) is 4.39 Å². The van der Waals surface area contributed by atoms with Crippen LogP contribution in [-0.2, 0) is 11.2 Å². The summed E-state index contributed by atoms with van der Waals surface area (Å²) in [7, 11) is 0. The molecular weight excluding hydrogens is 195 g/mol. The smallest absolute Gasteiger partial charge is 0.123 e. The first-order chi connectivity index (χ1) is 7.09. The Kier molecular flexibility index (Phi) is 2.76. The zero-order valence-electron chi connectivity index (χ0n) is 8.79. The second kappa shape index (κ2) is 3.91. The van der Waals surface area contributed by atoms with Gasteiger partial charge < -0.3 is 9.84 Å². The van der Waals surface area contributed by atoms with E-state index in [0.717, 1.165) is 11.1 Å². The lowest BCUT2D eigenvalue weighted by Crippen LogP contribution is -2.31. The molecule has 0 spiro atoms. The van der Waals surface area contributed by atoms with Crippen molar-refractivity contribution < 1.29 is 14.2 Å². The molecule has 1 aromatic carbocycles. The molecule has 2 rings (SSSR count). The molecule has 1 aliphatic rings. The van der Waals surface area contributed by atoms with Gasteiger partial charge in [0.05, 0.1) is 12.2 Å². The van der Waals surface area contributed by atoms with Crippen LogP contribution >= 0.6 is 0 Å². The highest BCUT2D eigenvalue weighted by Gasteiger charge is 2.32. The van der Waals surface area contributed by atoms with Crippen LogP contribution in [0, 0.1) is 12.7 Å². The first-order valence-electron chi connectivity index (χ1n) is 5.14. The molecule has 0 radical (unpaired) electrons. The van der Waals surface area contributed by atoms with Gasteiger partial charge in [0.1, 0.15) is 5.82 Å². The van der Waals surface area contributed by atoms with Gasteiger partial charge in [-0.25, -0.2) is 4.39 Å². The number of hydrogen-bond acceptors (Lipinski definition) is 2. The Balaban J connectivity index is 2.19. The lowest BCUT2D eigenvalue weighted by molar-refractivity contribution is 0.0269. The summed E-state index contributed by atoms with van der Waals surface area (Å²) >= 11 is 0. The van der Waals surface area contributed by atoms with E-state index in [-0.39, 0.29) is 5.82 Å². The third-order valence-corrected chi connectivity index (χ3v) is 2.91. The van der Waals surface area contributed by atoms with Gasteiger partial charge >= 0.3 is 0 Å². The van der Waals surface area contributed by atoms with Crippen molar-refractivity contribution in [1.82, 2.24) is 0 Å². The fourth-order valence-electron chi connectivity index (χ4n) is 1.92. The van der Waals surface area contributed by atoms with Crippen molar-refractivity contribution >= 4 is 0 Å². The van der Waals surface area contributed by atoms with Crippen LogP contribution in [0.5, 0.6) is 0 Å². The monoisotopic (exact) mass is 210 g/mol. The van der Waals surface area contributed by atoms with Crippen LogP contribution in [0.2, 0.25) is 0 Å². The standard InChI is InChI=1S/C12H15FO2/c1-9-2-3-11(13)6-10(9)7-12(14)4-5-15-8-12/h2-3,6,14H,4-5,7-8H2,1H3. The van der Waals surface area contributed by atoms with Gasteiger partial charge in [-0.2, -0.15) is 0 Å². The van der Waals surface area contributed by atoms with E-state index in [1.165, 1.54) is 12.1 Å². The summed E-state index contributed by atoms with van der Waals surface area (Å²) in [5.41, 5.74) is 1.07. The van der Waals surface area contributed by atoms with Crippen LogP contribution in [0.1, 0.15) is 17.5 Å². The Hall–Kier alpha value is -0.930. The van der Waals surface area contributed by atoms with Crippen molar-refractivity contribution in [3.63, 3.8) is 0 Å². The third-order valence-electron chi connectivity index (χ3n) is 2.91. The number of ether oxygens (including phenoxy) is 1. The summed E-state index contributed by atoms with van der Waals surface area (Å²) in [6.45, 7) is 2.86. The maximum absolute atomic E-state index is 13.0. The molecule has 1 unspecified atom stereocenters. The minimum atomic E-state index is -0.807. The number of halogens is 1. The molecule has 1 saturated heterocycles. The van der Waals surface area contributed by atoms with Gasteiger partial charge in [-0.15, -0.1) is 0 Å². The Bertz CT molecular complexity index is 357. The molecule has 0 amide bonds. The summed E-state index contributed by atoms with van der Waals surface area (Å²) in [6.07, 6.45) is 1.10. The summed E-state index contributed by atoms with van der Waals surface area (Å²) in [5, 5.41) is 10.1. The quantitative estimate of drug-likeness (QED) is 0.807. The van der Waals surface area contributed by atoms with E-state index in [0.29, 0.717) is 26.1 Å². The molecule has 1 heterocycles. The van der Waals surface area contributed by atoms with Gasteiger partial charge in [-0.05, 0) is 30.2 Å². The van der Waals surface area contributed by atoms with Crippen molar-refractivity contribution in [2.24, 2.45) is 0 Å². The van der Waals surface area contributed by atoms with Crippen molar-refractivity contribution in [1.29, 1.82) is 0 Å². The number of hydrogen-bond donors (Lipinski definition) is 1. The first kappa shape index (κ1) is 10.6. The van der Waals surface area contributed by atoms with E-state index in [2.05, 4.69) is 0 Å². The minimum absolute atomic E-state index is 0.252. The lowest BCUT2D eigenvalue weighted by Gasteiger charge is -2.21. The number of aryl methyl sites for hydroxylation is 1. The van der Waals surface area contributed by atoms with E-state index in [9.17, 15) is 9.50 Å². The second-order valence-electron chi connectivity index (χ2n) is 4.27. The molecule has 2 nitrogen and oxygen atoms in total. The second-order valence-corrected chi connectivity index (χ2v) is 4.27. The molecule has 1 aromatic rings. The van der Waals surface area contributed by atoms with Crippen LogP contribution in [0.25, 0.3) is 0 Å². The molecule has 0 aromatic heterocycles. The topological polar surface area (TPSA) is 29.5 Å². The Labute approximate surface area is 88.7 Å². The summed E-state index contributed by atoms with van der Waals surface area (Å²) < 4.78 is 18.2. The molecule has 15 heavy (non-hydrogen) atoms. The first-order valence-corrected chi connectivity index (χ1v) is 5.14. The van der Waals surface area contributed by atoms with Gasteiger partial charge in [-0.1, -0.05) is 6.07 Å². The number of aliphatic hydroxyl groups is 1. The zero-order valence-corrected chi connectivity index (χ0v) is 8.79. The summed E-state index contributed by atoms with van der Waals surface area (Å²) in [4.78, 5) is 0. The predicted octanol–water partition coefficient (Wildman–Crippen LogP) is 1.83. The Morgan fingerprint density at radius 3 is 3.00 bits per heavy atom. The van der Waals surface area contributed by atoms with Gasteiger partial charge in [-0.3, -0.25) is 0 Å². The highest BCUT2D eigenvalue weighted by Crippen LogP contribution is 2.25. The largest absolute Gasteiger partial charge is 0.387 e. The van der Waals surface area contributed by atoms with Crippen molar-refractivity contribution in [3.05, 3.63) is 35.1 Å². The highest BCUT2D eigenvalue weighted by atomic mass is 19.1. The van der Waals surface area contributed by atoms with Gasteiger partial charge in [0.2, 0.25) is 0 Å². The molecule has 0 aliphatic carbocycles. The molecule has 3 heteroatoms. The van der Waals surface area contributed by atoms with Crippen molar-refractivity contribution in [3.8, 4) is 0 Å². The molecule has 82 valence electrons. The van der Waals surface area contributed by atoms with Gasteiger partial charge in [0.25, 0.3) is 0 Å². The SMILES string of the molecule is Cc1ccc(F)cc1CC1(O)CCOC1. The van der Waals surface area contributed by atoms with Crippen molar-refractivity contribution in [2.45, 2.75) is 25.4 Å². The van der Waals surface area contributed by atoms with E-state index >= 15 is 0 Å². The molecule has 1 atom stereocenters. The van der Waals surface area contributed by atoms with E-state index in [4.69, 9.17) is 4.74 Å². The highest BCUT2D eigenvalue weighted by molar-refractivity contribution is 5.28. The molecule has 1 fully saturated rings. The van der Waals surface area contributed by atoms with Crippen LogP contribution in [0.3, 0.4) is 0 Å². The fourth-order valence-corrected chi connectivity index (χ4v) is 1.92. The average Bonchev–Trinajstić information content (AvgIpc) is 2.59.